The van der Waals surface area contributed by atoms with Crippen molar-refractivity contribution in [3.05, 3.63) is 41.7 Å². The summed E-state index contributed by atoms with van der Waals surface area (Å²) < 4.78 is 30.0. The quantitative estimate of drug-likeness (QED) is 0.556. The number of halogens is 2. The monoisotopic (exact) mass is 447 g/mol. The zero-order valence-electron chi connectivity index (χ0n) is 17.2. The van der Waals surface area contributed by atoms with E-state index in [2.05, 4.69) is 32.5 Å². The van der Waals surface area contributed by atoms with E-state index >= 15 is 0 Å². The van der Waals surface area contributed by atoms with E-state index in [1.807, 2.05) is 7.05 Å². The number of nitrogens with two attached hydrogens (primary N) is 1. The van der Waals surface area contributed by atoms with Gasteiger partial charge in [-0.3, -0.25) is 9.48 Å². The summed E-state index contributed by atoms with van der Waals surface area (Å²) in [5, 5.41) is 10.6. The smallest absolute Gasteiger partial charge is 0.277 e. The van der Waals surface area contributed by atoms with Crippen molar-refractivity contribution in [2.75, 3.05) is 35.6 Å². The lowest BCUT2D eigenvalue weighted by atomic mass is 10.1. The van der Waals surface area contributed by atoms with Gasteiger partial charge in [-0.15, -0.1) is 0 Å². The Morgan fingerprint density at radius 3 is 2.84 bits per heavy atom. The maximum absolute atomic E-state index is 14.1. The van der Waals surface area contributed by atoms with Crippen LogP contribution in [0.4, 0.5) is 25.3 Å². The third kappa shape index (κ3) is 3.98. The van der Waals surface area contributed by atoms with Crippen LogP contribution in [0.5, 0.6) is 0 Å². The van der Waals surface area contributed by atoms with E-state index in [0.717, 1.165) is 55.3 Å². The number of rotatable bonds is 5. The first-order valence-corrected chi connectivity index (χ1v) is 10.7. The number of aryl methyl sites for hydroxylation is 1. The Labute approximate surface area is 182 Å². The number of hydrogen-bond donors (Lipinski definition) is 3. The van der Waals surface area contributed by atoms with Crippen molar-refractivity contribution in [3.8, 4) is 10.6 Å². The lowest BCUT2D eigenvalue weighted by Crippen LogP contribution is -2.52. The van der Waals surface area contributed by atoms with Gasteiger partial charge in [0.25, 0.3) is 5.91 Å². The molecule has 0 radical (unpaired) electrons. The number of nitrogens with one attached hydrogen (secondary N) is 2. The van der Waals surface area contributed by atoms with Crippen LogP contribution >= 0.6 is 11.3 Å². The highest BCUT2D eigenvalue weighted by Gasteiger charge is 2.28. The molecule has 4 rings (SSSR count). The van der Waals surface area contributed by atoms with Gasteiger partial charge < -0.3 is 21.3 Å². The third-order valence-corrected chi connectivity index (χ3v) is 6.20. The van der Waals surface area contributed by atoms with Gasteiger partial charge in [-0.05, 0) is 18.6 Å². The van der Waals surface area contributed by atoms with E-state index in [1.54, 1.807) is 10.9 Å². The van der Waals surface area contributed by atoms with Gasteiger partial charge in [0, 0.05) is 32.7 Å². The Hall–Kier alpha value is -3.05. The van der Waals surface area contributed by atoms with E-state index in [9.17, 15) is 13.6 Å². The maximum Gasteiger partial charge on any atom is 0.277 e. The summed E-state index contributed by atoms with van der Waals surface area (Å²) in [6.45, 7) is 4.55. The number of amides is 1. The summed E-state index contributed by atoms with van der Waals surface area (Å²) in [5.74, 6) is -1.30. The van der Waals surface area contributed by atoms with E-state index in [0.29, 0.717) is 5.69 Å². The number of aromatic nitrogens is 3. The Morgan fingerprint density at radius 2 is 2.13 bits per heavy atom. The van der Waals surface area contributed by atoms with Crippen LogP contribution in [-0.2, 0) is 7.05 Å². The molecule has 3 heterocycles. The fourth-order valence-electron chi connectivity index (χ4n) is 3.75. The predicted molar refractivity (Wildman–Crippen MR) is 117 cm³/mol. The molecule has 11 heteroatoms. The molecule has 31 heavy (non-hydrogen) atoms. The van der Waals surface area contributed by atoms with Crippen molar-refractivity contribution >= 4 is 33.8 Å². The molecule has 164 valence electrons. The van der Waals surface area contributed by atoms with Gasteiger partial charge in [-0.25, -0.2) is 13.8 Å². The zero-order chi connectivity index (χ0) is 22.1. The standard InChI is InChI=1S/C20H23F2N7OS/c1-3-11-9-24-7-8-29(11)20-14(10-25-28(20)2)26-18(30)16-17(23)31-19(27-16)15-12(21)5-4-6-13(15)22/h4-6,10-11,24H,3,7-9,23H2,1-2H3,(H,26,30)/t11-/m1/s1. The fourth-order valence-corrected chi connectivity index (χ4v) is 4.63. The average molecular weight is 448 g/mol. The fraction of sp³-hybridized carbons (Fsp3) is 0.350. The highest BCUT2D eigenvalue weighted by atomic mass is 32.1. The summed E-state index contributed by atoms with van der Waals surface area (Å²) >= 11 is 0.862. The SMILES string of the molecule is CC[C@@H]1CNCCN1c1c(NC(=O)c2nc(-c3c(F)cccc3F)sc2N)cnn1C. The van der Waals surface area contributed by atoms with Crippen LogP contribution in [0.1, 0.15) is 23.8 Å². The highest BCUT2D eigenvalue weighted by molar-refractivity contribution is 7.19. The molecule has 1 aliphatic rings. The molecule has 0 bridgehead atoms. The van der Waals surface area contributed by atoms with Crippen molar-refractivity contribution in [3.63, 3.8) is 0 Å². The molecule has 4 N–H and O–H groups in total. The van der Waals surface area contributed by atoms with Gasteiger partial charge in [0.15, 0.2) is 11.5 Å². The van der Waals surface area contributed by atoms with E-state index in [4.69, 9.17) is 5.73 Å². The number of nitrogens with zero attached hydrogens (tertiary/aromatic N) is 4. The van der Waals surface area contributed by atoms with Crippen LogP contribution in [0.25, 0.3) is 10.6 Å². The van der Waals surface area contributed by atoms with Crippen LogP contribution in [-0.4, -0.2) is 46.3 Å². The average Bonchev–Trinajstić information content (AvgIpc) is 3.30. The molecule has 0 aliphatic carbocycles. The Kier molecular flexibility index (Phi) is 5.88. The molecule has 0 unspecified atom stereocenters. The number of carbonyl (C=O) groups excluding carboxylic acids is 1. The highest BCUT2D eigenvalue weighted by Crippen LogP contribution is 2.34. The van der Waals surface area contributed by atoms with Crippen molar-refractivity contribution in [1.29, 1.82) is 0 Å². The van der Waals surface area contributed by atoms with Gasteiger partial charge in [-0.1, -0.05) is 24.3 Å². The zero-order valence-corrected chi connectivity index (χ0v) is 18.0. The first kappa shape index (κ1) is 21.2. The largest absolute Gasteiger partial charge is 0.389 e. The molecule has 0 saturated carbocycles. The maximum atomic E-state index is 14.1. The molecule has 1 amide bonds. The Morgan fingerprint density at radius 1 is 1.39 bits per heavy atom. The van der Waals surface area contributed by atoms with Crippen molar-refractivity contribution < 1.29 is 13.6 Å². The lowest BCUT2D eigenvalue weighted by molar-refractivity contribution is 0.102. The number of hydrogen-bond acceptors (Lipinski definition) is 7. The molecular formula is C20H23F2N7OS. The summed E-state index contributed by atoms with van der Waals surface area (Å²) in [5.41, 5.74) is 6.12. The Balaban J connectivity index is 1.63. The minimum absolute atomic E-state index is 0.0119. The minimum atomic E-state index is -0.764. The molecule has 0 spiro atoms. The first-order chi connectivity index (χ1) is 14.9. The molecule has 1 aliphatic heterocycles. The van der Waals surface area contributed by atoms with Crippen LogP contribution in [0.3, 0.4) is 0 Å². The van der Waals surface area contributed by atoms with E-state index in [-0.39, 0.29) is 27.3 Å². The van der Waals surface area contributed by atoms with Gasteiger partial charge >= 0.3 is 0 Å². The molecule has 1 fully saturated rings. The molecule has 1 aromatic carbocycles. The van der Waals surface area contributed by atoms with Crippen LogP contribution < -0.4 is 21.3 Å². The molecule has 1 atom stereocenters. The van der Waals surface area contributed by atoms with Gasteiger partial charge in [0.2, 0.25) is 0 Å². The topological polar surface area (TPSA) is 101 Å². The van der Waals surface area contributed by atoms with Crippen molar-refractivity contribution in [2.24, 2.45) is 7.05 Å². The predicted octanol–water partition coefficient (Wildman–Crippen LogP) is 2.84. The summed E-state index contributed by atoms with van der Waals surface area (Å²) in [4.78, 5) is 19.3. The summed E-state index contributed by atoms with van der Waals surface area (Å²) in [7, 11) is 1.82. The van der Waals surface area contributed by atoms with Gasteiger partial charge in [0.05, 0.1) is 11.8 Å². The van der Waals surface area contributed by atoms with Crippen LogP contribution in [0, 0.1) is 11.6 Å². The van der Waals surface area contributed by atoms with E-state index in [1.165, 1.54) is 6.07 Å². The third-order valence-electron chi connectivity index (χ3n) is 5.29. The van der Waals surface area contributed by atoms with Gasteiger partial charge in [-0.2, -0.15) is 5.10 Å². The lowest BCUT2D eigenvalue weighted by Gasteiger charge is -2.37. The first-order valence-electron chi connectivity index (χ1n) is 9.92. The van der Waals surface area contributed by atoms with E-state index < -0.39 is 17.5 Å². The summed E-state index contributed by atoms with van der Waals surface area (Å²) in [6.07, 6.45) is 2.50. The minimum Gasteiger partial charge on any atom is -0.389 e. The molecular weight excluding hydrogens is 424 g/mol. The van der Waals surface area contributed by atoms with Crippen LogP contribution in [0.2, 0.25) is 0 Å². The second-order valence-corrected chi connectivity index (χ2v) is 8.28. The molecule has 1 saturated heterocycles. The molecule has 8 nitrogen and oxygen atoms in total. The summed E-state index contributed by atoms with van der Waals surface area (Å²) in [6, 6.07) is 3.80. The van der Waals surface area contributed by atoms with Crippen molar-refractivity contribution in [2.45, 2.75) is 19.4 Å². The molecule has 3 aromatic rings. The number of anilines is 3. The number of piperazine rings is 1. The second-order valence-electron chi connectivity index (χ2n) is 7.25. The normalized spacial score (nSPS) is 16.5. The number of nitrogen functional groups attached to an aromatic ring is 1. The number of carbonyl (C=O) groups is 1. The second kappa shape index (κ2) is 8.60. The number of benzene rings is 1. The number of thiazole rings is 1. The Bertz CT molecular complexity index is 1090. The molecule has 2 aromatic heterocycles. The van der Waals surface area contributed by atoms with Crippen molar-refractivity contribution in [1.82, 2.24) is 20.1 Å². The van der Waals surface area contributed by atoms with Gasteiger partial charge in [0.1, 0.15) is 27.3 Å². The van der Waals surface area contributed by atoms with Crippen LogP contribution in [0.15, 0.2) is 24.4 Å².